The van der Waals surface area contributed by atoms with Crippen molar-refractivity contribution in [2.24, 2.45) is 34.0 Å². The van der Waals surface area contributed by atoms with E-state index in [9.17, 15) is 5.11 Å². The standard InChI is InChI=1S/C19H34O/c1-14-6-7-16-18(4)10-5-9-17(2,3)15(18)8-11-19(16,12-14)13-20/h14-16,20H,5-13H2,1-4H3/t14-,15-,16+,18?,19?/m1/s1. The number of fused-ring (bicyclic) bond motifs is 3. The lowest BCUT2D eigenvalue weighted by atomic mass is 9.40. The van der Waals surface area contributed by atoms with Gasteiger partial charge in [0.25, 0.3) is 0 Å². The first-order valence-corrected chi connectivity index (χ1v) is 8.95. The minimum Gasteiger partial charge on any atom is -0.396 e. The van der Waals surface area contributed by atoms with E-state index in [1.807, 2.05) is 0 Å². The summed E-state index contributed by atoms with van der Waals surface area (Å²) in [6.07, 6.45) is 10.9. The molecule has 0 aromatic carbocycles. The number of hydrogen-bond donors (Lipinski definition) is 1. The van der Waals surface area contributed by atoms with Crippen molar-refractivity contribution in [1.82, 2.24) is 0 Å². The molecule has 1 N–H and O–H groups in total. The maximum absolute atomic E-state index is 10.2. The fourth-order valence-corrected chi connectivity index (χ4v) is 6.99. The van der Waals surface area contributed by atoms with Gasteiger partial charge in [-0.25, -0.2) is 0 Å². The van der Waals surface area contributed by atoms with Gasteiger partial charge >= 0.3 is 0 Å². The minimum absolute atomic E-state index is 0.260. The van der Waals surface area contributed by atoms with Gasteiger partial charge < -0.3 is 5.11 Å². The third-order valence-electron chi connectivity index (χ3n) is 7.76. The molecule has 2 unspecified atom stereocenters. The molecule has 3 aliphatic carbocycles. The van der Waals surface area contributed by atoms with Crippen LogP contribution < -0.4 is 0 Å². The van der Waals surface area contributed by atoms with Gasteiger partial charge in [0.15, 0.2) is 0 Å². The summed E-state index contributed by atoms with van der Waals surface area (Å²) in [5, 5.41) is 10.2. The van der Waals surface area contributed by atoms with E-state index in [2.05, 4.69) is 27.7 Å². The zero-order chi connectivity index (χ0) is 14.6. The van der Waals surface area contributed by atoms with Crippen LogP contribution in [-0.4, -0.2) is 11.7 Å². The molecule has 0 aromatic rings. The predicted octanol–water partition coefficient (Wildman–Crippen LogP) is 5.03. The molecule has 1 nitrogen and oxygen atoms in total. The maximum atomic E-state index is 10.2. The minimum atomic E-state index is 0.260. The van der Waals surface area contributed by atoms with Crippen LogP contribution in [0.15, 0.2) is 0 Å². The van der Waals surface area contributed by atoms with Crippen LogP contribution in [0.5, 0.6) is 0 Å². The van der Waals surface area contributed by atoms with Crippen LogP contribution in [0.2, 0.25) is 0 Å². The zero-order valence-electron chi connectivity index (χ0n) is 14.0. The Hall–Kier alpha value is -0.0400. The zero-order valence-corrected chi connectivity index (χ0v) is 14.0. The average Bonchev–Trinajstić information content (AvgIpc) is 2.37. The Balaban J connectivity index is 1.97. The molecule has 0 aliphatic heterocycles. The maximum Gasteiger partial charge on any atom is 0.0490 e. The number of aliphatic hydroxyl groups excluding tert-OH is 1. The quantitative estimate of drug-likeness (QED) is 0.713. The summed E-state index contributed by atoms with van der Waals surface area (Å²) in [6.45, 7) is 10.4. The second kappa shape index (κ2) is 4.73. The van der Waals surface area contributed by atoms with Gasteiger partial charge in [-0.1, -0.05) is 40.5 Å². The molecule has 0 radical (unpaired) electrons. The first-order chi connectivity index (χ1) is 9.34. The Morgan fingerprint density at radius 2 is 1.70 bits per heavy atom. The van der Waals surface area contributed by atoms with Crippen LogP contribution in [0, 0.1) is 34.0 Å². The van der Waals surface area contributed by atoms with E-state index in [4.69, 9.17) is 0 Å². The molecule has 0 heterocycles. The van der Waals surface area contributed by atoms with Crippen molar-refractivity contribution in [1.29, 1.82) is 0 Å². The van der Waals surface area contributed by atoms with E-state index in [1.54, 1.807) is 0 Å². The largest absolute Gasteiger partial charge is 0.396 e. The highest BCUT2D eigenvalue weighted by Crippen LogP contribution is 2.67. The lowest BCUT2D eigenvalue weighted by molar-refractivity contribution is -0.169. The third kappa shape index (κ3) is 1.99. The van der Waals surface area contributed by atoms with E-state index in [1.165, 1.54) is 51.4 Å². The highest BCUT2D eigenvalue weighted by molar-refractivity contribution is 5.09. The van der Waals surface area contributed by atoms with Crippen molar-refractivity contribution < 1.29 is 5.11 Å². The molecule has 0 saturated heterocycles. The molecule has 5 atom stereocenters. The van der Waals surface area contributed by atoms with Gasteiger partial charge in [-0.15, -0.1) is 0 Å². The predicted molar refractivity (Wildman–Crippen MR) is 84.5 cm³/mol. The second-order valence-corrected chi connectivity index (χ2v) is 9.40. The molecule has 0 bridgehead atoms. The molecule has 116 valence electrons. The Labute approximate surface area is 125 Å². The molecule has 3 aliphatic rings. The highest BCUT2D eigenvalue weighted by atomic mass is 16.3. The molecule has 3 fully saturated rings. The summed E-state index contributed by atoms with van der Waals surface area (Å²) in [5.41, 5.74) is 1.26. The van der Waals surface area contributed by atoms with Crippen molar-refractivity contribution >= 4 is 0 Å². The number of rotatable bonds is 1. The third-order valence-corrected chi connectivity index (χ3v) is 7.76. The molecule has 3 rings (SSSR count). The fourth-order valence-electron chi connectivity index (χ4n) is 6.99. The lowest BCUT2D eigenvalue weighted by Gasteiger charge is -2.65. The Morgan fingerprint density at radius 1 is 0.950 bits per heavy atom. The van der Waals surface area contributed by atoms with Gasteiger partial charge in [0, 0.05) is 6.61 Å². The monoisotopic (exact) mass is 278 g/mol. The summed E-state index contributed by atoms with van der Waals surface area (Å²) in [7, 11) is 0. The van der Waals surface area contributed by atoms with Gasteiger partial charge in [-0.2, -0.15) is 0 Å². The van der Waals surface area contributed by atoms with Crippen molar-refractivity contribution in [3.05, 3.63) is 0 Å². The summed E-state index contributed by atoms with van der Waals surface area (Å²) < 4.78 is 0. The molecular formula is C19H34O. The van der Waals surface area contributed by atoms with Crippen LogP contribution in [0.3, 0.4) is 0 Å². The smallest absolute Gasteiger partial charge is 0.0490 e. The fraction of sp³-hybridized carbons (Fsp3) is 1.00. The highest BCUT2D eigenvalue weighted by Gasteiger charge is 2.60. The number of aliphatic hydroxyl groups is 1. The summed E-state index contributed by atoms with van der Waals surface area (Å²) in [4.78, 5) is 0. The first-order valence-electron chi connectivity index (χ1n) is 8.95. The van der Waals surface area contributed by atoms with Gasteiger partial charge in [0.05, 0.1) is 0 Å². The molecule has 0 amide bonds. The molecule has 1 heteroatoms. The molecule has 3 saturated carbocycles. The van der Waals surface area contributed by atoms with Crippen molar-refractivity contribution in [2.75, 3.05) is 6.61 Å². The topological polar surface area (TPSA) is 20.2 Å². The Kier molecular flexibility index (Phi) is 3.52. The van der Waals surface area contributed by atoms with Crippen LogP contribution in [-0.2, 0) is 0 Å². The lowest BCUT2D eigenvalue weighted by Crippen LogP contribution is -2.58. The van der Waals surface area contributed by atoms with Crippen molar-refractivity contribution in [3.8, 4) is 0 Å². The summed E-state index contributed by atoms with van der Waals surface area (Å²) in [5.74, 6) is 2.46. The van der Waals surface area contributed by atoms with E-state index in [0.717, 1.165) is 17.8 Å². The van der Waals surface area contributed by atoms with Gasteiger partial charge in [-0.3, -0.25) is 0 Å². The van der Waals surface area contributed by atoms with Crippen LogP contribution >= 0.6 is 0 Å². The van der Waals surface area contributed by atoms with E-state index in [0.29, 0.717) is 17.4 Å². The second-order valence-electron chi connectivity index (χ2n) is 9.40. The molecule has 20 heavy (non-hydrogen) atoms. The Morgan fingerprint density at radius 3 is 2.40 bits per heavy atom. The van der Waals surface area contributed by atoms with E-state index in [-0.39, 0.29) is 5.41 Å². The van der Waals surface area contributed by atoms with Crippen molar-refractivity contribution in [2.45, 2.75) is 79.1 Å². The van der Waals surface area contributed by atoms with Crippen molar-refractivity contribution in [3.63, 3.8) is 0 Å². The van der Waals surface area contributed by atoms with Gasteiger partial charge in [0.2, 0.25) is 0 Å². The summed E-state index contributed by atoms with van der Waals surface area (Å²) >= 11 is 0. The van der Waals surface area contributed by atoms with Crippen LogP contribution in [0.25, 0.3) is 0 Å². The Bertz CT molecular complexity index is 374. The van der Waals surface area contributed by atoms with Gasteiger partial charge in [-0.05, 0) is 72.5 Å². The normalized spacial score (nSPS) is 51.1. The van der Waals surface area contributed by atoms with Crippen LogP contribution in [0.1, 0.15) is 79.1 Å². The average molecular weight is 278 g/mol. The van der Waals surface area contributed by atoms with E-state index < -0.39 is 0 Å². The first kappa shape index (κ1) is 14.9. The van der Waals surface area contributed by atoms with Crippen LogP contribution in [0.4, 0.5) is 0 Å². The SMILES string of the molecule is C[C@@H]1CC[C@@H]2C(CO)(CC[C@@H]3C(C)(C)CCCC32C)C1. The van der Waals surface area contributed by atoms with Gasteiger partial charge in [0.1, 0.15) is 0 Å². The summed E-state index contributed by atoms with van der Waals surface area (Å²) in [6, 6.07) is 0. The number of hydrogen-bond acceptors (Lipinski definition) is 1. The molecule has 0 aromatic heterocycles. The molecule has 0 spiro atoms. The molecular weight excluding hydrogens is 244 g/mol. The van der Waals surface area contributed by atoms with E-state index >= 15 is 0 Å².